The van der Waals surface area contributed by atoms with Crippen molar-refractivity contribution >= 4 is 40.5 Å². The molecule has 0 bridgehead atoms. The monoisotopic (exact) mass is 375 g/mol. The third-order valence-corrected chi connectivity index (χ3v) is 4.08. The summed E-state index contributed by atoms with van der Waals surface area (Å²) in [4.78, 5) is 36.0. The smallest absolute Gasteiger partial charge is 0.331 e. The quantitative estimate of drug-likeness (QED) is 0.381. The first-order valence-electron chi connectivity index (χ1n) is 7.63. The fraction of sp³-hybridized carbons (Fsp3) is 0.176. The topological polar surface area (TPSA) is 102 Å². The average Bonchev–Trinajstić information content (AvgIpc) is 2.57. The number of aryl methyl sites for hydroxylation is 1. The number of hydrogen-bond acceptors (Lipinski definition) is 6. The molecule has 0 spiro atoms. The molecule has 1 aliphatic heterocycles. The van der Waals surface area contributed by atoms with E-state index in [0.717, 1.165) is 5.56 Å². The largest absolute Gasteiger partial charge is 0.423 e. The van der Waals surface area contributed by atoms with E-state index >= 15 is 0 Å². The molecule has 1 amide bonds. The number of esters is 1. The number of nitro groups is 1. The van der Waals surface area contributed by atoms with Crippen molar-refractivity contribution in [3.63, 3.8) is 0 Å². The van der Waals surface area contributed by atoms with Crippen molar-refractivity contribution in [1.82, 2.24) is 0 Å². The van der Waals surface area contributed by atoms with Crippen LogP contribution in [-0.4, -0.2) is 29.9 Å². The summed E-state index contributed by atoms with van der Waals surface area (Å²) in [6.45, 7) is 1.72. The zero-order valence-corrected chi connectivity index (χ0v) is 14.4. The molecule has 0 radical (unpaired) electrons. The number of carbonyl (C=O) groups is 2. The van der Waals surface area contributed by atoms with Crippen LogP contribution >= 0.6 is 11.6 Å². The molecule has 0 unspecified atom stereocenters. The van der Waals surface area contributed by atoms with Crippen LogP contribution in [0.1, 0.15) is 5.56 Å². The van der Waals surface area contributed by atoms with Gasteiger partial charge in [-0.3, -0.25) is 14.9 Å². The molecule has 3 rings (SSSR count). The fourth-order valence-electron chi connectivity index (χ4n) is 2.60. The Labute approximate surface area is 153 Å². The average molecular weight is 376 g/mol. The summed E-state index contributed by atoms with van der Waals surface area (Å²) in [5, 5.41) is 13.5. The van der Waals surface area contributed by atoms with Crippen molar-refractivity contribution in [2.45, 2.75) is 6.92 Å². The van der Waals surface area contributed by atoms with Crippen LogP contribution in [0.5, 0.6) is 5.75 Å². The minimum absolute atomic E-state index is 0.0174. The summed E-state index contributed by atoms with van der Waals surface area (Å²) in [5.74, 6) is -0.498. The minimum atomic E-state index is -0.627. The molecule has 26 heavy (non-hydrogen) atoms. The number of nitrogens with zero attached hydrogens (tertiary/aromatic N) is 2. The molecule has 134 valence electrons. The van der Waals surface area contributed by atoms with Crippen LogP contribution in [0, 0.1) is 17.0 Å². The molecular formula is C17H14ClN3O5. The molecule has 0 fully saturated rings. The van der Waals surface area contributed by atoms with Crippen molar-refractivity contribution in [2.75, 3.05) is 23.3 Å². The molecule has 8 nitrogen and oxygen atoms in total. The first-order chi connectivity index (χ1) is 12.3. The number of nitro benzene ring substituents is 1. The number of carbonyl (C=O) groups excluding carboxylic acids is 2. The number of fused-ring (bicyclic) bond motifs is 1. The van der Waals surface area contributed by atoms with Crippen molar-refractivity contribution in [3.8, 4) is 5.75 Å². The van der Waals surface area contributed by atoms with Crippen LogP contribution in [0.4, 0.5) is 17.1 Å². The zero-order valence-electron chi connectivity index (χ0n) is 13.7. The summed E-state index contributed by atoms with van der Waals surface area (Å²) in [6, 6.07) is 9.30. The summed E-state index contributed by atoms with van der Waals surface area (Å²) < 4.78 is 5.17. The van der Waals surface area contributed by atoms with Crippen LogP contribution in [0.3, 0.4) is 0 Å². The van der Waals surface area contributed by atoms with Gasteiger partial charge in [0.1, 0.15) is 11.6 Å². The maximum Gasteiger partial charge on any atom is 0.331 e. The standard InChI is InChI=1S/C17H14ClN3O5/c1-10-2-5-15-14(6-10)20(9-17(23)26-15)8-16(22)19-11-3-4-12(18)13(7-11)21(24)25/h2-7H,8-9H2,1H3,(H,19,22). The molecule has 0 atom stereocenters. The van der Waals surface area contributed by atoms with E-state index < -0.39 is 16.8 Å². The van der Waals surface area contributed by atoms with Crippen LogP contribution in [-0.2, 0) is 9.59 Å². The molecule has 9 heteroatoms. The Morgan fingerprint density at radius 1 is 1.35 bits per heavy atom. The summed E-state index contributed by atoms with van der Waals surface area (Å²) in [6.07, 6.45) is 0. The van der Waals surface area contributed by atoms with E-state index in [1.165, 1.54) is 18.2 Å². The molecular weight excluding hydrogens is 362 g/mol. The minimum Gasteiger partial charge on any atom is -0.423 e. The Kier molecular flexibility index (Phi) is 4.77. The van der Waals surface area contributed by atoms with Gasteiger partial charge in [0.05, 0.1) is 17.2 Å². The van der Waals surface area contributed by atoms with E-state index in [1.54, 1.807) is 11.0 Å². The van der Waals surface area contributed by atoms with E-state index in [-0.39, 0.29) is 29.5 Å². The first-order valence-corrected chi connectivity index (χ1v) is 8.01. The summed E-state index contributed by atoms with van der Waals surface area (Å²) >= 11 is 5.76. The van der Waals surface area contributed by atoms with Gasteiger partial charge in [-0.05, 0) is 36.8 Å². The van der Waals surface area contributed by atoms with Gasteiger partial charge < -0.3 is 15.0 Å². The number of rotatable bonds is 4. The molecule has 1 heterocycles. The van der Waals surface area contributed by atoms with Gasteiger partial charge in [-0.25, -0.2) is 4.79 Å². The summed E-state index contributed by atoms with van der Waals surface area (Å²) in [7, 11) is 0. The lowest BCUT2D eigenvalue weighted by molar-refractivity contribution is -0.384. The van der Waals surface area contributed by atoms with Gasteiger partial charge in [0.25, 0.3) is 5.69 Å². The molecule has 0 aromatic heterocycles. The highest BCUT2D eigenvalue weighted by molar-refractivity contribution is 6.32. The van der Waals surface area contributed by atoms with Crippen molar-refractivity contribution < 1.29 is 19.2 Å². The van der Waals surface area contributed by atoms with E-state index in [2.05, 4.69) is 5.32 Å². The molecule has 0 saturated carbocycles. The molecule has 1 N–H and O–H groups in total. The third kappa shape index (κ3) is 3.75. The van der Waals surface area contributed by atoms with Gasteiger partial charge in [-0.1, -0.05) is 17.7 Å². The van der Waals surface area contributed by atoms with E-state index in [9.17, 15) is 19.7 Å². The SMILES string of the molecule is Cc1ccc2c(c1)N(CC(=O)Nc1ccc(Cl)c([N+](=O)[O-])c1)CC(=O)O2. The second-order valence-electron chi connectivity index (χ2n) is 5.77. The lowest BCUT2D eigenvalue weighted by Crippen LogP contribution is -2.41. The maximum absolute atomic E-state index is 12.3. The van der Waals surface area contributed by atoms with E-state index in [0.29, 0.717) is 11.4 Å². The Bertz CT molecular complexity index is 915. The van der Waals surface area contributed by atoms with Gasteiger partial charge in [-0.15, -0.1) is 0 Å². The second-order valence-corrected chi connectivity index (χ2v) is 6.18. The number of anilines is 2. The third-order valence-electron chi connectivity index (χ3n) is 3.76. The maximum atomic E-state index is 12.3. The first kappa shape index (κ1) is 17.7. The highest BCUT2D eigenvalue weighted by Crippen LogP contribution is 2.33. The number of amides is 1. The van der Waals surface area contributed by atoms with Gasteiger partial charge >= 0.3 is 5.97 Å². The fourth-order valence-corrected chi connectivity index (χ4v) is 2.79. The Morgan fingerprint density at radius 3 is 2.85 bits per heavy atom. The number of hydrogen-bond donors (Lipinski definition) is 1. The Balaban J connectivity index is 1.77. The number of benzene rings is 2. The highest BCUT2D eigenvalue weighted by Gasteiger charge is 2.26. The Morgan fingerprint density at radius 2 is 2.12 bits per heavy atom. The van der Waals surface area contributed by atoms with E-state index in [1.807, 2.05) is 19.1 Å². The molecule has 0 saturated heterocycles. The molecule has 1 aliphatic rings. The van der Waals surface area contributed by atoms with Crippen molar-refractivity contribution in [1.29, 1.82) is 0 Å². The van der Waals surface area contributed by atoms with Gasteiger partial charge in [0.2, 0.25) is 5.91 Å². The number of ether oxygens (including phenoxy) is 1. The normalized spacial score (nSPS) is 13.0. The second kappa shape index (κ2) is 7.01. The van der Waals surface area contributed by atoms with Crippen molar-refractivity contribution in [2.24, 2.45) is 0 Å². The van der Waals surface area contributed by atoms with Gasteiger partial charge in [0.15, 0.2) is 5.75 Å². The predicted octanol–water partition coefficient (Wildman–Crippen LogP) is 2.92. The number of nitrogens with one attached hydrogen (secondary N) is 1. The number of halogens is 1. The lowest BCUT2D eigenvalue weighted by atomic mass is 10.1. The van der Waals surface area contributed by atoms with Crippen LogP contribution in [0.2, 0.25) is 5.02 Å². The van der Waals surface area contributed by atoms with Crippen LogP contribution in [0.15, 0.2) is 36.4 Å². The van der Waals surface area contributed by atoms with Gasteiger partial charge in [-0.2, -0.15) is 0 Å². The highest BCUT2D eigenvalue weighted by atomic mass is 35.5. The Hall–Kier alpha value is -3.13. The van der Waals surface area contributed by atoms with E-state index in [4.69, 9.17) is 16.3 Å². The lowest BCUT2D eigenvalue weighted by Gasteiger charge is -2.29. The van der Waals surface area contributed by atoms with Crippen LogP contribution in [0.25, 0.3) is 0 Å². The van der Waals surface area contributed by atoms with Crippen molar-refractivity contribution in [3.05, 3.63) is 57.1 Å². The molecule has 0 aliphatic carbocycles. The molecule has 2 aromatic carbocycles. The summed E-state index contributed by atoms with van der Waals surface area (Å²) in [5.41, 5.74) is 1.55. The molecule has 2 aromatic rings. The predicted molar refractivity (Wildman–Crippen MR) is 95.8 cm³/mol. The van der Waals surface area contributed by atoms with Crippen LogP contribution < -0.4 is 15.0 Å². The van der Waals surface area contributed by atoms with Gasteiger partial charge in [0, 0.05) is 11.8 Å². The zero-order chi connectivity index (χ0) is 18.8.